The molecule has 0 saturated carbocycles. The first-order chi connectivity index (χ1) is 1.91. The molecule has 0 aromatic carbocycles. The van der Waals surface area contributed by atoms with Gasteiger partial charge in [-0.25, -0.2) is 6.29 Å². The number of carbonyl (C=O) groups excluding carboxylic acids is 1. The van der Waals surface area contributed by atoms with Crippen molar-refractivity contribution in [3.8, 4) is 0 Å². The Morgan fingerprint density at radius 3 is 2.00 bits per heavy atom. The molecule has 0 heterocycles. The molecule has 0 aliphatic rings. The fourth-order valence-electron chi connectivity index (χ4n) is 0. The molecule has 0 aromatic heterocycles. The van der Waals surface area contributed by atoms with Crippen LogP contribution in [0.15, 0.2) is 0 Å². The molecule has 0 bridgehead atoms. The Labute approximate surface area is 40.4 Å². The Kier molecular flexibility index (Phi) is 15.9. The van der Waals surface area contributed by atoms with E-state index < -0.39 is 6.61 Å². The third-order valence-electron chi connectivity index (χ3n) is 0.0645. The van der Waals surface area contributed by atoms with Crippen LogP contribution in [0.25, 0.3) is 0 Å². The van der Waals surface area contributed by atoms with E-state index in [2.05, 4.69) is 0 Å². The fourth-order valence-corrected chi connectivity index (χ4v) is 0. The second kappa shape index (κ2) is 8.91. The minimum absolute atomic E-state index is 0. The standard InChI is InChI=1S/C2H3O2.Co/c3-1-2-4;/h3H,1H2;/q-1;. The molecule has 1 N–H and O–H groups in total. The number of aliphatic hydroxyl groups excluding tert-OH is 1. The third-order valence-corrected chi connectivity index (χ3v) is 0.0645. The van der Waals surface area contributed by atoms with E-state index in [1.807, 2.05) is 0 Å². The van der Waals surface area contributed by atoms with Gasteiger partial charge in [-0.1, -0.05) is 6.61 Å². The molecule has 1 radical (unpaired) electrons. The van der Waals surface area contributed by atoms with Crippen LogP contribution in [0.1, 0.15) is 0 Å². The maximum atomic E-state index is 8.80. The average Bonchev–Trinajstić information content (AvgIpc) is 1.37. The van der Waals surface area contributed by atoms with Crippen molar-refractivity contribution in [1.29, 1.82) is 0 Å². The Balaban J connectivity index is 0. The van der Waals surface area contributed by atoms with Gasteiger partial charge in [-0.15, -0.1) is 0 Å². The predicted octanol–water partition coefficient (Wildman–Crippen LogP) is -0.914. The van der Waals surface area contributed by atoms with Crippen LogP contribution >= 0.6 is 0 Å². The van der Waals surface area contributed by atoms with E-state index in [9.17, 15) is 0 Å². The smallest absolute Gasteiger partial charge is 0 e. The van der Waals surface area contributed by atoms with E-state index in [0.29, 0.717) is 0 Å². The number of hydrogen-bond donors (Lipinski definition) is 1. The van der Waals surface area contributed by atoms with Gasteiger partial charge in [0.05, 0.1) is 0 Å². The van der Waals surface area contributed by atoms with E-state index in [1.54, 1.807) is 0 Å². The SMILES string of the molecule is O=[C-]CO.[Co]. The summed E-state index contributed by atoms with van der Waals surface area (Å²) in [6, 6.07) is 0. The van der Waals surface area contributed by atoms with Gasteiger partial charge < -0.3 is 9.90 Å². The topological polar surface area (TPSA) is 37.3 Å². The van der Waals surface area contributed by atoms with Gasteiger partial charge in [-0.2, -0.15) is 0 Å². The molecule has 0 atom stereocenters. The maximum Gasteiger partial charge on any atom is 0 e. The molecular formula is C2H3CoO2-. The van der Waals surface area contributed by atoms with Gasteiger partial charge in [0, 0.05) is 16.8 Å². The van der Waals surface area contributed by atoms with Crippen molar-refractivity contribution < 1.29 is 26.7 Å². The zero-order valence-corrected chi connectivity index (χ0v) is 3.44. The zero-order valence-electron chi connectivity index (χ0n) is 2.40. The summed E-state index contributed by atoms with van der Waals surface area (Å²) >= 11 is 0. The first kappa shape index (κ1) is 8.93. The summed E-state index contributed by atoms with van der Waals surface area (Å²) in [6.07, 6.45) is 1.24. The van der Waals surface area contributed by atoms with Crippen LogP contribution in [0.4, 0.5) is 0 Å². The molecule has 0 fully saturated rings. The second-order valence-electron chi connectivity index (χ2n) is 0.302. The van der Waals surface area contributed by atoms with Crippen LogP contribution in [0, 0.1) is 0 Å². The van der Waals surface area contributed by atoms with Gasteiger partial charge in [-0.05, 0) is 0 Å². The second-order valence-corrected chi connectivity index (χ2v) is 0.302. The van der Waals surface area contributed by atoms with Crippen molar-refractivity contribution >= 4 is 6.29 Å². The minimum Gasteiger partial charge on any atom is -0.540 e. The summed E-state index contributed by atoms with van der Waals surface area (Å²) in [4.78, 5) is 8.80. The first-order valence-electron chi connectivity index (χ1n) is 0.874. The minimum atomic E-state index is -0.486. The van der Waals surface area contributed by atoms with E-state index in [4.69, 9.17) is 9.90 Å². The van der Waals surface area contributed by atoms with Crippen molar-refractivity contribution in [2.75, 3.05) is 6.61 Å². The van der Waals surface area contributed by atoms with Gasteiger partial charge in [0.15, 0.2) is 0 Å². The molecule has 0 aromatic rings. The zero-order chi connectivity index (χ0) is 3.41. The van der Waals surface area contributed by atoms with Crippen LogP contribution < -0.4 is 0 Å². The first-order valence-corrected chi connectivity index (χ1v) is 0.874. The molecule has 33 valence electrons. The molecule has 5 heavy (non-hydrogen) atoms. The van der Waals surface area contributed by atoms with Crippen LogP contribution in [-0.4, -0.2) is 18.0 Å². The molecule has 0 rings (SSSR count). The summed E-state index contributed by atoms with van der Waals surface area (Å²) in [5.41, 5.74) is 0. The van der Waals surface area contributed by atoms with E-state index in [0.717, 1.165) is 0 Å². The molecule has 0 spiro atoms. The quantitative estimate of drug-likeness (QED) is 0.452. The molecule has 0 aliphatic heterocycles. The van der Waals surface area contributed by atoms with Crippen LogP contribution in [0.5, 0.6) is 0 Å². The molecule has 0 amide bonds. The summed E-state index contributed by atoms with van der Waals surface area (Å²) in [6.45, 7) is -0.486. The molecule has 0 saturated heterocycles. The fraction of sp³-hybridized carbons (Fsp3) is 0.500. The maximum absolute atomic E-state index is 8.80. The van der Waals surface area contributed by atoms with Crippen LogP contribution in [-0.2, 0) is 21.6 Å². The number of rotatable bonds is 1. The molecule has 0 aliphatic carbocycles. The summed E-state index contributed by atoms with van der Waals surface area (Å²) < 4.78 is 0. The summed E-state index contributed by atoms with van der Waals surface area (Å²) in [5, 5.41) is 7.45. The van der Waals surface area contributed by atoms with Gasteiger partial charge in [0.25, 0.3) is 0 Å². The monoisotopic (exact) mass is 118 g/mol. The third kappa shape index (κ3) is 14.6. The Hall–Kier alpha value is 0.136. The Morgan fingerprint density at radius 1 is 1.80 bits per heavy atom. The van der Waals surface area contributed by atoms with Crippen molar-refractivity contribution in [3.63, 3.8) is 0 Å². The number of aliphatic hydroxyl groups is 1. The van der Waals surface area contributed by atoms with Crippen molar-refractivity contribution in [2.24, 2.45) is 0 Å². The molecule has 2 nitrogen and oxygen atoms in total. The Morgan fingerprint density at radius 2 is 2.00 bits per heavy atom. The Bertz CT molecular complexity index is 21.6. The molecule has 3 heteroatoms. The van der Waals surface area contributed by atoms with Crippen molar-refractivity contribution in [2.45, 2.75) is 0 Å². The number of hydrogen-bond acceptors (Lipinski definition) is 2. The van der Waals surface area contributed by atoms with Gasteiger partial charge in [0.2, 0.25) is 0 Å². The average molecular weight is 118 g/mol. The molecular weight excluding hydrogens is 115 g/mol. The van der Waals surface area contributed by atoms with Gasteiger partial charge in [-0.3, -0.25) is 0 Å². The van der Waals surface area contributed by atoms with E-state index in [1.165, 1.54) is 6.29 Å². The summed E-state index contributed by atoms with van der Waals surface area (Å²) in [7, 11) is 0. The largest absolute Gasteiger partial charge is 0.540 e. The van der Waals surface area contributed by atoms with Gasteiger partial charge in [0.1, 0.15) is 0 Å². The van der Waals surface area contributed by atoms with E-state index >= 15 is 0 Å². The predicted molar refractivity (Wildman–Crippen MR) is 12.8 cm³/mol. The van der Waals surface area contributed by atoms with Crippen LogP contribution in [0.3, 0.4) is 0 Å². The van der Waals surface area contributed by atoms with E-state index in [-0.39, 0.29) is 16.8 Å². The normalized spacial score (nSPS) is 5.00. The molecule has 0 unspecified atom stereocenters. The van der Waals surface area contributed by atoms with Crippen molar-refractivity contribution in [3.05, 3.63) is 0 Å². The van der Waals surface area contributed by atoms with Crippen LogP contribution in [0.2, 0.25) is 0 Å². The van der Waals surface area contributed by atoms with Gasteiger partial charge >= 0.3 is 0 Å². The van der Waals surface area contributed by atoms with Crippen molar-refractivity contribution in [1.82, 2.24) is 0 Å². The summed E-state index contributed by atoms with van der Waals surface area (Å²) in [5.74, 6) is 0.